The summed E-state index contributed by atoms with van der Waals surface area (Å²) in [6, 6.07) is 0. The monoisotopic (exact) mass is 238 g/mol. The number of hydrogen-bond donors (Lipinski definition) is 0. The lowest BCUT2D eigenvalue weighted by molar-refractivity contribution is -0.870. The van der Waals surface area contributed by atoms with E-state index in [4.69, 9.17) is 9.05 Å². The first-order chi connectivity index (χ1) is 6.83. The molecule has 92 valence electrons. The lowest BCUT2D eigenvalue weighted by atomic mass is 10.4. The second-order valence-corrected chi connectivity index (χ2v) is 6.72. The highest BCUT2D eigenvalue weighted by Crippen LogP contribution is 2.48. The number of rotatable bonds is 8. The van der Waals surface area contributed by atoms with Crippen molar-refractivity contribution in [3.8, 4) is 0 Å². The Labute approximate surface area is 93.7 Å². The van der Waals surface area contributed by atoms with Crippen LogP contribution in [0.15, 0.2) is 0 Å². The molecule has 0 bridgehead atoms. The van der Waals surface area contributed by atoms with Crippen LogP contribution in [0.1, 0.15) is 20.3 Å². The fraction of sp³-hybridized carbons (Fsp3) is 1.00. The second kappa shape index (κ2) is 6.64. The molecule has 4 nitrogen and oxygen atoms in total. The summed E-state index contributed by atoms with van der Waals surface area (Å²) in [6.07, 6.45) is 1.38. The standard InChI is InChI=1S/C10H25NO3P/c1-6-13-15(12,14-7-2)10-8-9-11(3,4)5/h6-10H2,1-5H3/q+1. The molecule has 0 aromatic rings. The molecule has 0 fully saturated rings. The second-order valence-electron chi connectivity index (χ2n) is 4.54. The molecular formula is C10H25NO3P+. The van der Waals surface area contributed by atoms with Crippen LogP contribution in [0.5, 0.6) is 0 Å². The summed E-state index contributed by atoms with van der Waals surface area (Å²) in [5, 5.41) is 0. The van der Waals surface area contributed by atoms with E-state index in [0.717, 1.165) is 17.4 Å². The van der Waals surface area contributed by atoms with Crippen LogP contribution in [0.25, 0.3) is 0 Å². The van der Waals surface area contributed by atoms with Gasteiger partial charge in [0.2, 0.25) is 0 Å². The van der Waals surface area contributed by atoms with Crippen molar-refractivity contribution in [2.45, 2.75) is 20.3 Å². The zero-order chi connectivity index (χ0) is 11.9. The first-order valence-electron chi connectivity index (χ1n) is 5.51. The fourth-order valence-corrected chi connectivity index (χ4v) is 2.95. The van der Waals surface area contributed by atoms with E-state index in [1.165, 1.54) is 0 Å². The first kappa shape index (κ1) is 15.1. The molecule has 15 heavy (non-hydrogen) atoms. The van der Waals surface area contributed by atoms with Gasteiger partial charge in [-0.3, -0.25) is 4.57 Å². The number of quaternary nitrogens is 1. The number of nitrogens with zero attached hydrogens (tertiary/aromatic N) is 1. The summed E-state index contributed by atoms with van der Waals surface area (Å²) in [6.45, 7) is 5.55. The highest BCUT2D eigenvalue weighted by atomic mass is 31.2. The van der Waals surface area contributed by atoms with Crippen molar-refractivity contribution in [3.05, 3.63) is 0 Å². The Morgan fingerprint density at radius 2 is 1.53 bits per heavy atom. The molecule has 0 heterocycles. The molecule has 0 aromatic carbocycles. The molecule has 0 spiro atoms. The van der Waals surface area contributed by atoms with Crippen molar-refractivity contribution < 1.29 is 18.1 Å². The van der Waals surface area contributed by atoms with Gasteiger partial charge in [0.25, 0.3) is 0 Å². The van der Waals surface area contributed by atoms with E-state index >= 15 is 0 Å². The lowest BCUT2D eigenvalue weighted by Crippen LogP contribution is -2.35. The summed E-state index contributed by atoms with van der Waals surface area (Å²) >= 11 is 0. The summed E-state index contributed by atoms with van der Waals surface area (Å²) in [4.78, 5) is 0. The topological polar surface area (TPSA) is 35.5 Å². The lowest BCUT2D eigenvalue weighted by Gasteiger charge is -2.24. The van der Waals surface area contributed by atoms with Crippen LogP contribution < -0.4 is 0 Å². The van der Waals surface area contributed by atoms with Gasteiger partial charge in [-0.15, -0.1) is 0 Å². The minimum absolute atomic E-state index is 0.446. The SMILES string of the molecule is CCOP(=O)(CCC[N+](C)(C)C)OCC. The van der Waals surface area contributed by atoms with Gasteiger partial charge in [-0.1, -0.05) is 0 Å². The summed E-state index contributed by atoms with van der Waals surface area (Å²) in [5.41, 5.74) is 0. The predicted octanol–water partition coefficient (Wildman–Crippen LogP) is 2.35. The van der Waals surface area contributed by atoms with Crippen molar-refractivity contribution in [2.24, 2.45) is 0 Å². The van der Waals surface area contributed by atoms with Crippen LogP contribution in [-0.4, -0.2) is 51.5 Å². The molecule has 0 unspecified atom stereocenters. The predicted molar refractivity (Wildman–Crippen MR) is 63.2 cm³/mol. The summed E-state index contributed by atoms with van der Waals surface area (Å²) in [5.74, 6) is 0. The van der Waals surface area contributed by atoms with Crippen molar-refractivity contribution in [1.29, 1.82) is 0 Å². The molecule has 0 saturated carbocycles. The molecule has 0 amide bonds. The van der Waals surface area contributed by atoms with Crippen LogP contribution in [0, 0.1) is 0 Å². The first-order valence-corrected chi connectivity index (χ1v) is 7.24. The van der Waals surface area contributed by atoms with Gasteiger partial charge in [0.05, 0.1) is 47.1 Å². The molecule has 0 aromatic heterocycles. The van der Waals surface area contributed by atoms with Crippen LogP contribution in [0.3, 0.4) is 0 Å². The summed E-state index contributed by atoms with van der Waals surface area (Å²) in [7, 11) is 3.54. The van der Waals surface area contributed by atoms with Gasteiger partial charge in [0.1, 0.15) is 0 Å². The van der Waals surface area contributed by atoms with Gasteiger partial charge in [0, 0.05) is 6.42 Å². The zero-order valence-corrected chi connectivity index (χ0v) is 11.5. The van der Waals surface area contributed by atoms with E-state index in [0.29, 0.717) is 19.4 Å². The molecule has 0 atom stereocenters. The molecule has 0 N–H and O–H groups in total. The molecular weight excluding hydrogens is 213 g/mol. The van der Waals surface area contributed by atoms with Gasteiger partial charge in [-0.2, -0.15) is 0 Å². The zero-order valence-electron chi connectivity index (χ0n) is 10.7. The fourth-order valence-electron chi connectivity index (χ4n) is 1.30. The van der Waals surface area contributed by atoms with E-state index in [9.17, 15) is 4.57 Å². The van der Waals surface area contributed by atoms with Crippen LogP contribution in [-0.2, 0) is 13.6 Å². The van der Waals surface area contributed by atoms with Crippen LogP contribution in [0.2, 0.25) is 0 Å². The van der Waals surface area contributed by atoms with Crippen LogP contribution in [0.4, 0.5) is 0 Å². The average Bonchev–Trinajstić information content (AvgIpc) is 2.01. The average molecular weight is 238 g/mol. The highest BCUT2D eigenvalue weighted by molar-refractivity contribution is 7.53. The van der Waals surface area contributed by atoms with E-state index in [2.05, 4.69) is 21.1 Å². The van der Waals surface area contributed by atoms with E-state index in [1.807, 2.05) is 13.8 Å². The van der Waals surface area contributed by atoms with Crippen molar-refractivity contribution in [1.82, 2.24) is 0 Å². The maximum Gasteiger partial charge on any atom is 0.330 e. The molecule has 5 heteroatoms. The Bertz CT molecular complexity index is 203. The van der Waals surface area contributed by atoms with Gasteiger partial charge >= 0.3 is 7.60 Å². The molecule has 0 aliphatic heterocycles. The van der Waals surface area contributed by atoms with Crippen LogP contribution >= 0.6 is 7.60 Å². The molecule has 0 rings (SSSR count). The molecule has 0 aliphatic rings. The largest absolute Gasteiger partial charge is 0.331 e. The highest BCUT2D eigenvalue weighted by Gasteiger charge is 2.23. The maximum atomic E-state index is 12.0. The quantitative estimate of drug-likeness (QED) is 0.481. The van der Waals surface area contributed by atoms with Crippen molar-refractivity contribution in [2.75, 3.05) is 47.1 Å². The van der Waals surface area contributed by atoms with Gasteiger partial charge in [0.15, 0.2) is 0 Å². The smallest absolute Gasteiger partial charge is 0.330 e. The Morgan fingerprint density at radius 1 is 1.07 bits per heavy atom. The van der Waals surface area contributed by atoms with E-state index < -0.39 is 7.60 Å². The maximum absolute atomic E-state index is 12.0. The minimum atomic E-state index is -2.82. The third-order valence-electron chi connectivity index (χ3n) is 1.91. The Morgan fingerprint density at radius 3 is 1.87 bits per heavy atom. The van der Waals surface area contributed by atoms with Gasteiger partial charge < -0.3 is 13.5 Å². The third-order valence-corrected chi connectivity index (χ3v) is 4.08. The number of hydrogen-bond acceptors (Lipinski definition) is 3. The normalized spacial score (nSPS) is 13.1. The van der Waals surface area contributed by atoms with Gasteiger partial charge in [-0.25, -0.2) is 0 Å². The van der Waals surface area contributed by atoms with Crippen molar-refractivity contribution in [3.63, 3.8) is 0 Å². The minimum Gasteiger partial charge on any atom is -0.331 e. The van der Waals surface area contributed by atoms with Crippen molar-refractivity contribution >= 4 is 7.60 Å². The third kappa shape index (κ3) is 7.97. The molecule has 0 radical (unpaired) electrons. The molecule has 0 aliphatic carbocycles. The summed E-state index contributed by atoms with van der Waals surface area (Å²) < 4.78 is 23.3. The van der Waals surface area contributed by atoms with E-state index in [-0.39, 0.29) is 0 Å². The Hall–Kier alpha value is 0.110. The van der Waals surface area contributed by atoms with Gasteiger partial charge in [-0.05, 0) is 13.8 Å². The van der Waals surface area contributed by atoms with E-state index in [1.54, 1.807) is 0 Å². The Balaban J connectivity index is 4.02. The Kier molecular flexibility index (Phi) is 6.69. The molecule has 0 saturated heterocycles.